The van der Waals surface area contributed by atoms with Gasteiger partial charge in [-0.2, -0.15) is 11.8 Å². The molecular weight excluding hydrogens is 306 g/mol. The minimum absolute atomic E-state index is 0.757. The van der Waals surface area contributed by atoms with Crippen molar-refractivity contribution in [3.63, 3.8) is 0 Å². The lowest BCUT2D eigenvalue weighted by Crippen LogP contribution is -2.40. The molecule has 0 radical (unpaired) electrons. The predicted octanol–water partition coefficient (Wildman–Crippen LogP) is 4.43. The van der Waals surface area contributed by atoms with Crippen molar-refractivity contribution < 1.29 is 0 Å². The molecule has 1 aromatic rings. The Labute approximate surface area is 123 Å². The molecule has 1 aliphatic carbocycles. The predicted molar refractivity (Wildman–Crippen MR) is 85.5 cm³/mol. The van der Waals surface area contributed by atoms with Gasteiger partial charge in [-0.3, -0.25) is 0 Å². The number of benzene rings is 1. The molecule has 0 aromatic heterocycles. The summed E-state index contributed by atoms with van der Waals surface area (Å²) >= 11 is 5.43. The summed E-state index contributed by atoms with van der Waals surface area (Å²) in [5.74, 6) is 2.08. The molecule has 2 rings (SSSR count). The SMILES string of the molecule is CSCCCCNC1CC(c2ccc(Br)cc2)C1. The van der Waals surface area contributed by atoms with Gasteiger partial charge in [0.05, 0.1) is 0 Å². The van der Waals surface area contributed by atoms with Crippen LogP contribution in [0.5, 0.6) is 0 Å². The van der Waals surface area contributed by atoms with E-state index >= 15 is 0 Å². The smallest absolute Gasteiger partial charge is 0.0175 e. The fraction of sp³-hybridized carbons (Fsp3) is 0.600. The van der Waals surface area contributed by atoms with Gasteiger partial charge in [0.15, 0.2) is 0 Å². The highest BCUT2D eigenvalue weighted by Gasteiger charge is 2.29. The van der Waals surface area contributed by atoms with E-state index in [0.29, 0.717) is 0 Å². The maximum absolute atomic E-state index is 3.67. The van der Waals surface area contributed by atoms with E-state index in [1.54, 1.807) is 0 Å². The van der Waals surface area contributed by atoms with E-state index in [9.17, 15) is 0 Å². The maximum atomic E-state index is 3.67. The van der Waals surface area contributed by atoms with Crippen molar-refractivity contribution in [2.45, 2.75) is 37.6 Å². The third kappa shape index (κ3) is 4.29. The minimum Gasteiger partial charge on any atom is -0.314 e. The lowest BCUT2D eigenvalue weighted by atomic mass is 9.76. The second kappa shape index (κ2) is 7.56. The van der Waals surface area contributed by atoms with Crippen molar-refractivity contribution >= 4 is 27.7 Å². The molecule has 100 valence electrons. The summed E-state index contributed by atoms with van der Waals surface area (Å²) in [5.41, 5.74) is 1.50. The van der Waals surface area contributed by atoms with Crippen LogP contribution in [0.4, 0.5) is 0 Å². The molecule has 0 amide bonds. The van der Waals surface area contributed by atoms with Crippen LogP contribution >= 0.6 is 27.7 Å². The molecule has 18 heavy (non-hydrogen) atoms. The van der Waals surface area contributed by atoms with Crippen molar-refractivity contribution in [3.8, 4) is 0 Å². The highest BCUT2D eigenvalue weighted by atomic mass is 79.9. The molecule has 1 N–H and O–H groups in total. The van der Waals surface area contributed by atoms with Crippen LogP contribution < -0.4 is 5.32 Å². The average molecular weight is 328 g/mol. The molecule has 0 atom stereocenters. The number of unbranched alkanes of at least 4 members (excludes halogenated alkanes) is 1. The monoisotopic (exact) mass is 327 g/mol. The van der Waals surface area contributed by atoms with Gasteiger partial charge in [0.2, 0.25) is 0 Å². The lowest BCUT2D eigenvalue weighted by Gasteiger charge is -2.36. The molecule has 0 spiro atoms. The van der Waals surface area contributed by atoms with Gasteiger partial charge in [-0.25, -0.2) is 0 Å². The van der Waals surface area contributed by atoms with Crippen LogP contribution in [-0.2, 0) is 0 Å². The van der Waals surface area contributed by atoms with E-state index in [4.69, 9.17) is 0 Å². The van der Waals surface area contributed by atoms with Crippen molar-refractivity contribution in [2.75, 3.05) is 18.6 Å². The Morgan fingerprint density at radius 2 is 1.94 bits per heavy atom. The zero-order valence-corrected chi connectivity index (χ0v) is 13.4. The maximum Gasteiger partial charge on any atom is 0.0175 e. The molecule has 1 nitrogen and oxygen atoms in total. The largest absolute Gasteiger partial charge is 0.314 e. The van der Waals surface area contributed by atoms with Crippen LogP contribution in [0.3, 0.4) is 0 Å². The zero-order valence-electron chi connectivity index (χ0n) is 11.0. The third-order valence-corrected chi connectivity index (χ3v) is 4.91. The van der Waals surface area contributed by atoms with Gasteiger partial charge in [0, 0.05) is 10.5 Å². The Morgan fingerprint density at radius 1 is 1.22 bits per heavy atom. The van der Waals surface area contributed by atoms with Gasteiger partial charge in [-0.15, -0.1) is 0 Å². The summed E-state index contributed by atoms with van der Waals surface area (Å²) in [4.78, 5) is 0. The molecule has 0 saturated heterocycles. The second-order valence-electron chi connectivity index (χ2n) is 5.07. The van der Waals surface area contributed by atoms with Crippen molar-refractivity contribution in [1.82, 2.24) is 5.32 Å². The Balaban J connectivity index is 1.60. The second-order valence-corrected chi connectivity index (χ2v) is 6.97. The number of thioether (sulfide) groups is 1. The number of hydrogen-bond acceptors (Lipinski definition) is 2. The van der Waals surface area contributed by atoms with Gasteiger partial charge in [0.1, 0.15) is 0 Å². The summed E-state index contributed by atoms with van der Waals surface area (Å²) in [7, 11) is 0. The van der Waals surface area contributed by atoms with Gasteiger partial charge < -0.3 is 5.32 Å². The Hall–Kier alpha value is 0.01000. The number of hydrogen-bond donors (Lipinski definition) is 1. The van der Waals surface area contributed by atoms with Crippen LogP contribution in [0.15, 0.2) is 28.7 Å². The first-order valence-corrected chi connectivity index (χ1v) is 8.96. The van der Waals surface area contributed by atoms with Crippen LogP contribution in [0.2, 0.25) is 0 Å². The van der Waals surface area contributed by atoms with E-state index < -0.39 is 0 Å². The lowest BCUT2D eigenvalue weighted by molar-refractivity contribution is 0.290. The molecule has 1 aliphatic rings. The topological polar surface area (TPSA) is 12.0 Å². The molecule has 1 aromatic carbocycles. The first kappa shape index (κ1) is 14.4. The number of halogens is 1. The Kier molecular flexibility index (Phi) is 6.06. The van der Waals surface area contributed by atoms with Crippen LogP contribution in [0.25, 0.3) is 0 Å². The molecule has 0 heterocycles. The van der Waals surface area contributed by atoms with E-state index in [0.717, 1.165) is 12.0 Å². The molecular formula is C15H22BrNS. The van der Waals surface area contributed by atoms with Gasteiger partial charge in [-0.05, 0) is 67.9 Å². The molecule has 0 unspecified atom stereocenters. The summed E-state index contributed by atoms with van der Waals surface area (Å²) in [6.45, 7) is 1.19. The Bertz CT molecular complexity index is 346. The molecule has 3 heteroatoms. The summed E-state index contributed by atoms with van der Waals surface area (Å²) in [5, 5.41) is 3.67. The first-order chi connectivity index (χ1) is 8.79. The molecule has 0 aliphatic heterocycles. The van der Waals surface area contributed by atoms with E-state index in [2.05, 4.69) is 51.8 Å². The fourth-order valence-corrected chi connectivity index (χ4v) is 3.23. The quantitative estimate of drug-likeness (QED) is 0.743. The number of rotatable bonds is 7. The summed E-state index contributed by atoms with van der Waals surface area (Å²) in [6.07, 6.45) is 7.47. The van der Waals surface area contributed by atoms with Crippen molar-refractivity contribution in [2.24, 2.45) is 0 Å². The molecule has 1 saturated carbocycles. The molecule has 0 bridgehead atoms. The molecule has 1 fully saturated rings. The number of nitrogens with one attached hydrogen (secondary N) is 1. The van der Waals surface area contributed by atoms with Crippen LogP contribution in [-0.4, -0.2) is 24.6 Å². The standard InChI is InChI=1S/C15H22BrNS/c1-18-9-3-2-8-17-15-10-13(11-15)12-4-6-14(16)7-5-12/h4-7,13,15,17H,2-3,8-11H2,1H3. The average Bonchev–Trinajstić information content (AvgIpc) is 2.33. The van der Waals surface area contributed by atoms with E-state index in [1.807, 2.05) is 11.8 Å². The summed E-state index contributed by atoms with van der Waals surface area (Å²) in [6, 6.07) is 9.57. The minimum atomic E-state index is 0.757. The fourth-order valence-electron chi connectivity index (χ4n) is 2.47. The normalized spacial score (nSPS) is 22.8. The van der Waals surface area contributed by atoms with Gasteiger partial charge in [0.25, 0.3) is 0 Å². The Morgan fingerprint density at radius 3 is 2.61 bits per heavy atom. The van der Waals surface area contributed by atoms with Gasteiger partial charge >= 0.3 is 0 Å². The van der Waals surface area contributed by atoms with E-state index in [-0.39, 0.29) is 0 Å². The zero-order chi connectivity index (χ0) is 12.8. The highest BCUT2D eigenvalue weighted by Crippen LogP contribution is 2.37. The van der Waals surface area contributed by atoms with Crippen molar-refractivity contribution in [3.05, 3.63) is 34.3 Å². The van der Waals surface area contributed by atoms with Crippen LogP contribution in [0, 0.1) is 0 Å². The third-order valence-electron chi connectivity index (χ3n) is 3.69. The highest BCUT2D eigenvalue weighted by molar-refractivity contribution is 9.10. The van der Waals surface area contributed by atoms with E-state index in [1.165, 1.54) is 48.0 Å². The van der Waals surface area contributed by atoms with Crippen molar-refractivity contribution in [1.29, 1.82) is 0 Å². The first-order valence-electron chi connectivity index (χ1n) is 6.77. The summed E-state index contributed by atoms with van der Waals surface area (Å²) < 4.78 is 1.18. The van der Waals surface area contributed by atoms with Gasteiger partial charge in [-0.1, -0.05) is 28.1 Å². The van der Waals surface area contributed by atoms with Crippen LogP contribution in [0.1, 0.15) is 37.2 Å².